The van der Waals surface area contributed by atoms with Crippen molar-refractivity contribution in [1.29, 1.82) is 0 Å². The standard InChI is InChI=1S/C5H4F3IN2/c6-5(7,8)4-10-2-3(1-9)11-4/h2H,1H2,(H,10,11). The summed E-state index contributed by atoms with van der Waals surface area (Å²) in [7, 11) is 0. The largest absolute Gasteiger partial charge is 0.449 e. The van der Waals surface area contributed by atoms with Gasteiger partial charge in [0, 0.05) is 16.3 Å². The van der Waals surface area contributed by atoms with Gasteiger partial charge in [-0.05, 0) is 0 Å². The molecule has 1 aromatic heterocycles. The summed E-state index contributed by atoms with van der Waals surface area (Å²) in [6, 6.07) is 0. The van der Waals surface area contributed by atoms with E-state index in [2.05, 4.69) is 9.97 Å². The average molecular weight is 276 g/mol. The van der Waals surface area contributed by atoms with Crippen LogP contribution in [-0.2, 0) is 10.6 Å². The van der Waals surface area contributed by atoms with Gasteiger partial charge >= 0.3 is 6.18 Å². The minimum Gasteiger partial charge on any atom is -0.338 e. The summed E-state index contributed by atoms with van der Waals surface area (Å²) in [5, 5.41) is 0. The summed E-state index contributed by atoms with van der Waals surface area (Å²) < 4.78 is 36.0. The molecule has 2 nitrogen and oxygen atoms in total. The van der Waals surface area contributed by atoms with Crippen LogP contribution in [0.5, 0.6) is 0 Å². The smallest absolute Gasteiger partial charge is 0.338 e. The van der Waals surface area contributed by atoms with Gasteiger partial charge in [0.1, 0.15) is 0 Å². The van der Waals surface area contributed by atoms with Gasteiger partial charge in [-0.15, -0.1) is 0 Å². The normalized spacial score (nSPS) is 12.0. The Morgan fingerprint density at radius 3 is 2.45 bits per heavy atom. The van der Waals surface area contributed by atoms with E-state index >= 15 is 0 Å². The number of alkyl halides is 4. The van der Waals surface area contributed by atoms with Crippen LogP contribution in [0.25, 0.3) is 0 Å². The summed E-state index contributed by atoms with van der Waals surface area (Å²) in [4.78, 5) is 5.33. The second kappa shape index (κ2) is 3.00. The van der Waals surface area contributed by atoms with E-state index in [1.807, 2.05) is 22.6 Å². The number of imidazole rings is 1. The van der Waals surface area contributed by atoms with Crippen molar-refractivity contribution in [2.45, 2.75) is 10.6 Å². The maximum atomic E-state index is 11.8. The first-order chi connectivity index (χ1) is 5.04. The lowest BCUT2D eigenvalue weighted by Gasteiger charge is -1.99. The van der Waals surface area contributed by atoms with Crippen LogP contribution < -0.4 is 0 Å². The molecule has 0 amide bonds. The SMILES string of the molecule is FC(F)(F)c1ncc(CI)[nH]1. The molecule has 1 heterocycles. The van der Waals surface area contributed by atoms with Crippen LogP contribution >= 0.6 is 22.6 Å². The van der Waals surface area contributed by atoms with E-state index in [1.165, 1.54) is 6.20 Å². The lowest BCUT2D eigenvalue weighted by Crippen LogP contribution is -2.07. The summed E-state index contributed by atoms with van der Waals surface area (Å²) in [6.07, 6.45) is -3.17. The average Bonchev–Trinajstić information content (AvgIpc) is 2.32. The Morgan fingerprint density at radius 1 is 1.55 bits per heavy atom. The molecule has 1 N–H and O–H groups in total. The quantitative estimate of drug-likeness (QED) is 0.619. The number of rotatable bonds is 1. The highest BCUT2D eigenvalue weighted by atomic mass is 127. The molecule has 11 heavy (non-hydrogen) atoms. The van der Waals surface area contributed by atoms with Gasteiger partial charge in [-0.3, -0.25) is 0 Å². The van der Waals surface area contributed by atoms with Gasteiger partial charge in [0.15, 0.2) is 0 Å². The Labute approximate surface area is 74.3 Å². The molecule has 0 aromatic carbocycles. The molecule has 0 unspecified atom stereocenters. The Kier molecular flexibility index (Phi) is 2.40. The zero-order valence-corrected chi connectivity index (χ0v) is 7.40. The second-order valence-electron chi connectivity index (χ2n) is 1.89. The summed E-state index contributed by atoms with van der Waals surface area (Å²) in [6.45, 7) is 0. The van der Waals surface area contributed by atoms with E-state index in [-0.39, 0.29) is 0 Å². The molecule has 0 aliphatic carbocycles. The summed E-state index contributed by atoms with van der Waals surface area (Å²) in [5.74, 6) is -0.927. The molecule has 62 valence electrons. The molecule has 0 spiro atoms. The van der Waals surface area contributed by atoms with E-state index in [0.29, 0.717) is 10.1 Å². The topological polar surface area (TPSA) is 28.7 Å². The highest BCUT2D eigenvalue weighted by Gasteiger charge is 2.34. The first kappa shape index (κ1) is 8.82. The van der Waals surface area contributed by atoms with Gasteiger partial charge in [-0.25, -0.2) is 4.98 Å². The van der Waals surface area contributed by atoms with E-state index in [0.717, 1.165) is 0 Å². The Balaban J connectivity index is 2.89. The third kappa shape index (κ3) is 2.08. The van der Waals surface area contributed by atoms with Crippen LogP contribution in [0.2, 0.25) is 0 Å². The molecule has 0 radical (unpaired) electrons. The van der Waals surface area contributed by atoms with Gasteiger partial charge in [0.2, 0.25) is 5.82 Å². The van der Waals surface area contributed by atoms with Crippen LogP contribution in [0.4, 0.5) is 13.2 Å². The van der Waals surface area contributed by atoms with E-state index < -0.39 is 12.0 Å². The third-order valence-electron chi connectivity index (χ3n) is 1.04. The Hall–Kier alpha value is -0.270. The van der Waals surface area contributed by atoms with Crippen molar-refractivity contribution >= 4 is 22.6 Å². The minimum absolute atomic E-state index is 0.484. The fraction of sp³-hybridized carbons (Fsp3) is 0.400. The first-order valence-corrected chi connectivity index (χ1v) is 4.23. The molecule has 1 aromatic rings. The fourth-order valence-corrected chi connectivity index (χ4v) is 0.959. The minimum atomic E-state index is -4.36. The molecule has 0 aliphatic heterocycles. The van der Waals surface area contributed by atoms with Gasteiger partial charge in [-0.2, -0.15) is 13.2 Å². The van der Waals surface area contributed by atoms with E-state index in [9.17, 15) is 13.2 Å². The monoisotopic (exact) mass is 276 g/mol. The summed E-state index contributed by atoms with van der Waals surface area (Å²) >= 11 is 1.96. The van der Waals surface area contributed by atoms with Crippen molar-refractivity contribution in [3.63, 3.8) is 0 Å². The van der Waals surface area contributed by atoms with Gasteiger partial charge in [-0.1, -0.05) is 22.6 Å². The lowest BCUT2D eigenvalue weighted by molar-refractivity contribution is -0.144. The number of aromatic amines is 1. The van der Waals surface area contributed by atoms with Crippen molar-refractivity contribution in [2.75, 3.05) is 0 Å². The first-order valence-electron chi connectivity index (χ1n) is 2.71. The zero-order valence-electron chi connectivity index (χ0n) is 5.24. The van der Waals surface area contributed by atoms with Crippen LogP contribution in [-0.4, -0.2) is 9.97 Å². The predicted molar refractivity (Wildman–Crippen MR) is 41.3 cm³/mol. The Bertz CT molecular complexity index is 242. The molecule has 0 saturated heterocycles. The molecule has 0 atom stereocenters. The van der Waals surface area contributed by atoms with Crippen molar-refractivity contribution in [3.8, 4) is 0 Å². The predicted octanol–water partition coefficient (Wildman–Crippen LogP) is 2.36. The summed E-state index contributed by atoms with van der Waals surface area (Å²) in [5.41, 5.74) is 0.484. The van der Waals surface area contributed by atoms with Crippen LogP contribution in [0.15, 0.2) is 6.20 Å². The highest BCUT2D eigenvalue weighted by molar-refractivity contribution is 14.1. The van der Waals surface area contributed by atoms with Crippen molar-refractivity contribution in [1.82, 2.24) is 9.97 Å². The van der Waals surface area contributed by atoms with Crippen molar-refractivity contribution < 1.29 is 13.2 Å². The maximum absolute atomic E-state index is 11.8. The molecular weight excluding hydrogens is 272 g/mol. The number of nitrogens with zero attached hydrogens (tertiary/aromatic N) is 1. The van der Waals surface area contributed by atoms with Crippen LogP contribution in [0.3, 0.4) is 0 Å². The Morgan fingerprint density at radius 2 is 2.18 bits per heavy atom. The van der Waals surface area contributed by atoms with Gasteiger partial charge in [0.05, 0.1) is 0 Å². The molecule has 0 saturated carbocycles. The van der Waals surface area contributed by atoms with Gasteiger partial charge < -0.3 is 4.98 Å². The third-order valence-corrected chi connectivity index (χ3v) is 1.86. The number of halogens is 4. The lowest BCUT2D eigenvalue weighted by atomic mass is 10.6. The molecule has 0 bridgehead atoms. The number of H-pyrrole nitrogens is 1. The second-order valence-corrected chi connectivity index (χ2v) is 2.65. The van der Waals surface area contributed by atoms with Crippen molar-refractivity contribution in [2.24, 2.45) is 0 Å². The van der Waals surface area contributed by atoms with Crippen molar-refractivity contribution in [3.05, 3.63) is 17.7 Å². The van der Waals surface area contributed by atoms with Crippen LogP contribution in [0, 0.1) is 0 Å². The molecular formula is C5H4F3IN2. The number of aromatic nitrogens is 2. The number of nitrogens with one attached hydrogen (secondary N) is 1. The van der Waals surface area contributed by atoms with Gasteiger partial charge in [0.25, 0.3) is 0 Å². The maximum Gasteiger partial charge on any atom is 0.449 e. The molecule has 0 fully saturated rings. The number of hydrogen-bond donors (Lipinski definition) is 1. The van der Waals surface area contributed by atoms with E-state index in [4.69, 9.17) is 0 Å². The molecule has 6 heteroatoms. The molecule has 0 aliphatic rings. The zero-order chi connectivity index (χ0) is 8.48. The number of hydrogen-bond acceptors (Lipinski definition) is 1. The highest BCUT2D eigenvalue weighted by Crippen LogP contribution is 2.26. The van der Waals surface area contributed by atoms with E-state index in [1.54, 1.807) is 0 Å². The molecule has 1 rings (SSSR count). The van der Waals surface area contributed by atoms with Crippen LogP contribution in [0.1, 0.15) is 11.5 Å². The fourth-order valence-electron chi connectivity index (χ4n) is 0.571.